The zero-order valence-corrected chi connectivity index (χ0v) is 9.27. The molecule has 0 fully saturated rings. The molecule has 0 spiro atoms. The van der Waals surface area contributed by atoms with Crippen molar-refractivity contribution in [1.29, 1.82) is 0 Å². The summed E-state index contributed by atoms with van der Waals surface area (Å²) in [5, 5.41) is 0. The van der Waals surface area contributed by atoms with Crippen LogP contribution in [0.3, 0.4) is 0 Å². The minimum absolute atomic E-state index is 0.220. The fourth-order valence-electron chi connectivity index (χ4n) is 1.05. The van der Waals surface area contributed by atoms with Gasteiger partial charge in [-0.3, -0.25) is 4.90 Å². The van der Waals surface area contributed by atoms with E-state index in [4.69, 9.17) is 16.3 Å². The second-order valence-electron chi connectivity index (χ2n) is 2.99. The van der Waals surface area contributed by atoms with Crippen LogP contribution < -0.4 is 0 Å². The highest BCUT2D eigenvalue weighted by Gasteiger charge is 2.10. The third kappa shape index (κ3) is 8.66. The normalized spacial score (nSPS) is 11.6. The van der Waals surface area contributed by atoms with E-state index in [9.17, 15) is 8.78 Å². The minimum Gasteiger partial charge on any atom is -0.380 e. The van der Waals surface area contributed by atoms with E-state index >= 15 is 0 Å². The highest BCUT2D eigenvalue weighted by molar-refractivity contribution is 6.18. The molecule has 0 atom stereocenters. The summed E-state index contributed by atoms with van der Waals surface area (Å²) in [5.74, 6) is 0.375. The molecule has 0 aromatic rings. The number of rotatable bonds is 9. The summed E-state index contributed by atoms with van der Waals surface area (Å²) >= 11 is 5.49. The van der Waals surface area contributed by atoms with Gasteiger partial charge in [-0.2, -0.15) is 0 Å². The topological polar surface area (TPSA) is 12.5 Å². The number of nitrogens with zero attached hydrogens (tertiary/aromatic N) is 1. The zero-order valence-electron chi connectivity index (χ0n) is 8.52. The van der Waals surface area contributed by atoms with Crippen LogP contribution in [0.4, 0.5) is 8.78 Å². The van der Waals surface area contributed by atoms with Crippen LogP contribution in [0.2, 0.25) is 0 Å². The molecule has 0 unspecified atom stereocenters. The van der Waals surface area contributed by atoms with Crippen molar-refractivity contribution >= 4 is 11.6 Å². The largest absolute Gasteiger partial charge is 0.380 e. The smallest absolute Gasteiger partial charge is 0.251 e. The van der Waals surface area contributed by atoms with Gasteiger partial charge in [-0.05, 0) is 6.42 Å². The summed E-state index contributed by atoms with van der Waals surface area (Å²) in [4.78, 5) is 1.62. The van der Waals surface area contributed by atoms with Crippen LogP contribution in [-0.4, -0.2) is 50.1 Å². The van der Waals surface area contributed by atoms with Crippen molar-refractivity contribution in [2.24, 2.45) is 0 Å². The van der Waals surface area contributed by atoms with Gasteiger partial charge in [0, 0.05) is 25.6 Å². The Morgan fingerprint density at radius 3 is 2.50 bits per heavy atom. The highest BCUT2D eigenvalue weighted by Crippen LogP contribution is 1.98. The van der Waals surface area contributed by atoms with Crippen LogP contribution in [-0.2, 0) is 4.74 Å². The van der Waals surface area contributed by atoms with Gasteiger partial charge < -0.3 is 4.74 Å². The molecular weight excluding hydrogens is 212 g/mol. The van der Waals surface area contributed by atoms with Gasteiger partial charge in [0.05, 0.1) is 13.2 Å². The molecule has 0 rings (SSSR count). The molecule has 5 heteroatoms. The molecule has 0 heterocycles. The van der Waals surface area contributed by atoms with E-state index in [-0.39, 0.29) is 6.54 Å². The van der Waals surface area contributed by atoms with Crippen molar-refractivity contribution in [2.75, 3.05) is 38.7 Å². The summed E-state index contributed by atoms with van der Waals surface area (Å²) < 4.78 is 29.3. The van der Waals surface area contributed by atoms with Crippen molar-refractivity contribution < 1.29 is 13.5 Å². The summed E-state index contributed by atoms with van der Waals surface area (Å²) in [6.07, 6.45) is -1.35. The third-order valence-electron chi connectivity index (χ3n) is 1.70. The monoisotopic (exact) mass is 229 g/mol. The summed E-state index contributed by atoms with van der Waals surface area (Å²) in [6.45, 7) is 3.98. The van der Waals surface area contributed by atoms with Gasteiger partial charge >= 0.3 is 0 Å². The lowest BCUT2D eigenvalue weighted by Crippen LogP contribution is -2.33. The van der Waals surface area contributed by atoms with E-state index in [2.05, 4.69) is 0 Å². The number of halogens is 3. The molecule has 0 aliphatic carbocycles. The van der Waals surface area contributed by atoms with Gasteiger partial charge in [0.25, 0.3) is 6.43 Å². The lowest BCUT2D eigenvalue weighted by atomic mass is 10.4. The molecule has 0 saturated carbocycles. The van der Waals surface area contributed by atoms with Crippen molar-refractivity contribution in [2.45, 2.75) is 19.8 Å². The first-order valence-electron chi connectivity index (χ1n) is 4.85. The minimum atomic E-state index is -2.30. The Morgan fingerprint density at radius 1 is 1.29 bits per heavy atom. The molecule has 0 aliphatic rings. The van der Waals surface area contributed by atoms with Gasteiger partial charge in [0.2, 0.25) is 0 Å². The maximum absolute atomic E-state index is 12.1. The SMILES string of the molecule is CCCOCCN(CCCl)CC(F)F. The van der Waals surface area contributed by atoms with Crippen LogP contribution >= 0.6 is 11.6 Å². The standard InChI is InChI=1S/C9H18ClF2NO/c1-2-6-14-7-5-13(4-3-10)8-9(11)12/h9H,2-8H2,1H3. The quantitative estimate of drug-likeness (QED) is 0.444. The van der Waals surface area contributed by atoms with Gasteiger partial charge in [-0.25, -0.2) is 8.78 Å². The number of hydrogen-bond donors (Lipinski definition) is 0. The number of hydrogen-bond acceptors (Lipinski definition) is 2. The second-order valence-corrected chi connectivity index (χ2v) is 3.37. The molecule has 14 heavy (non-hydrogen) atoms. The van der Waals surface area contributed by atoms with Gasteiger partial charge in [-0.1, -0.05) is 6.92 Å². The van der Waals surface area contributed by atoms with Crippen molar-refractivity contribution in [3.05, 3.63) is 0 Å². The first-order chi connectivity index (χ1) is 6.70. The van der Waals surface area contributed by atoms with Crippen molar-refractivity contribution in [1.82, 2.24) is 4.90 Å². The molecular formula is C9H18ClF2NO. The Morgan fingerprint density at radius 2 is 2.00 bits per heavy atom. The van der Waals surface area contributed by atoms with E-state index in [0.717, 1.165) is 6.42 Å². The molecule has 0 aromatic carbocycles. The Bertz CT molecular complexity index is 127. The molecule has 0 aliphatic heterocycles. The zero-order chi connectivity index (χ0) is 10.8. The molecule has 0 aromatic heterocycles. The first-order valence-corrected chi connectivity index (χ1v) is 5.38. The lowest BCUT2D eigenvalue weighted by Gasteiger charge is -2.20. The van der Waals surface area contributed by atoms with Crippen LogP contribution in [0.1, 0.15) is 13.3 Å². The first kappa shape index (κ1) is 14.1. The molecule has 0 radical (unpaired) electrons. The Balaban J connectivity index is 3.51. The fourth-order valence-corrected chi connectivity index (χ4v) is 1.29. The van der Waals surface area contributed by atoms with Gasteiger partial charge in [-0.15, -0.1) is 11.6 Å². The Kier molecular flexibility index (Phi) is 9.67. The molecule has 0 saturated heterocycles. The van der Waals surface area contributed by atoms with E-state index in [1.54, 1.807) is 4.90 Å². The molecule has 0 amide bonds. The van der Waals surface area contributed by atoms with E-state index in [0.29, 0.717) is 32.2 Å². The molecule has 0 N–H and O–H groups in total. The summed E-state index contributed by atoms with van der Waals surface area (Å²) in [5.41, 5.74) is 0. The highest BCUT2D eigenvalue weighted by atomic mass is 35.5. The fraction of sp³-hybridized carbons (Fsp3) is 1.00. The van der Waals surface area contributed by atoms with Crippen LogP contribution in [0.25, 0.3) is 0 Å². The Hall–Kier alpha value is 0.0700. The third-order valence-corrected chi connectivity index (χ3v) is 1.87. The maximum Gasteiger partial charge on any atom is 0.251 e. The average Bonchev–Trinajstić information content (AvgIpc) is 2.12. The Labute approximate surface area is 89.2 Å². The summed E-state index contributed by atoms with van der Waals surface area (Å²) in [6, 6.07) is 0. The van der Waals surface area contributed by atoms with Crippen LogP contribution in [0.15, 0.2) is 0 Å². The van der Waals surface area contributed by atoms with Gasteiger partial charge in [0.1, 0.15) is 0 Å². The van der Waals surface area contributed by atoms with E-state index in [1.807, 2.05) is 6.92 Å². The van der Waals surface area contributed by atoms with Crippen molar-refractivity contribution in [3.8, 4) is 0 Å². The lowest BCUT2D eigenvalue weighted by molar-refractivity contribution is 0.0621. The predicted octanol–water partition coefficient (Wildman–Crippen LogP) is 2.22. The van der Waals surface area contributed by atoms with Crippen molar-refractivity contribution in [3.63, 3.8) is 0 Å². The number of alkyl halides is 3. The predicted molar refractivity (Wildman–Crippen MR) is 54.3 cm³/mol. The second kappa shape index (κ2) is 9.62. The maximum atomic E-state index is 12.1. The average molecular weight is 230 g/mol. The molecule has 2 nitrogen and oxygen atoms in total. The van der Waals surface area contributed by atoms with Gasteiger partial charge in [0.15, 0.2) is 0 Å². The van der Waals surface area contributed by atoms with E-state index in [1.165, 1.54) is 0 Å². The molecule has 86 valence electrons. The number of ether oxygens (including phenoxy) is 1. The van der Waals surface area contributed by atoms with E-state index < -0.39 is 6.43 Å². The van der Waals surface area contributed by atoms with Crippen LogP contribution in [0.5, 0.6) is 0 Å². The molecule has 0 bridgehead atoms. The van der Waals surface area contributed by atoms with Crippen LogP contribution in [0, 0.1) is 0 Å². The summed E-state index contributed by atoms with van der Waals surface area (Å²) in [7, 11) is 0.